The molecule has 2 heterocycles. The lowest BCUT2D eigenvalue weighted by atomic mass is 10.2. The highest BCUT2D eigenvalue weighted by molar-refractivity contribution is 7.99. The van der Waals surface area contributed by atoms with Gasteiger partial charge in [0.2, 0.25) is 5.16 Å². The standard InChI is InChI=1S/C16H12N6S/c1-22-16(19-20-21-22)23-15-12-9-5-6-10-13(12)17-14(18-15)11-7-3-2-4-8-11/h2-10H,1H3. The van der Waals surface area contributed by atoms with E-state index in [9.17, 15) is 0 Å². The molecular formula is C16H12N6S. The third-order valence-electron chi connectivity index (χ3n) is 3.37. The SMILES string of the molecule is Cn1nnnc1Sc1nc(-c2ccccc2)nc2ccccc12. The Labute approximate surface area is 136 Å². The predicted octanol–water partition coefficient (Wildman–Crippen LogP) is 2.97. The summed E-state index contributed by atoms with van der Waals surface area (Å²) in [6.45, 7) is 0. The highest BCUT2D eigenvalue weighted by Crippen LogP contribution is 2.31. The number of nitrogens with zero attached hydrogens (tertiary/aromatic N) is 6. The van der Waals surface area contributed by atoms with Gasteiger partial charge in [-0.3, -0.25) is 0 Å². The average molecular weight is 320 g/mol. The van der Waals surface area contributed by atoms with Gasteiger partial charge < -0.3 is 0 Å². The van der Waals surface area contributed by atoms with Gasteiger partial charge in [-0.15, -0.1) is 5.10 Å². The summed E-state index contributed by atoms with van der Waals surface area (Å²) in [7, 11) is 1.81. The molecule has 0 fully saturated rings. The zero-order chi connectivity index (χ0) is 15.6. The molecule has 2 aromatic heterocycles. The summed E-state index contributed by atoms with van der Waals surface area (Å²) in [5.41, 5.74) is 1.88. The second-order valence-electron chi connectivity index (χ2n) is 4.92. The van der Waals surface area contributed by atoms with Crippen LogP contribution in [0.2, 0.25) is 0 Å². The van der Waals surface area contributed by atoms with E-state index in [2.05, 4.69) is 20.5 Å². The number of rotatable bonds is 3. The summed E-state index contributed by atoms with van der Waals surface area (Å²) in [6, 6.07) is 17.9. The maximum Gasteiger partial charge on any atom is 0.215 e. The van der Waals surface area contributed by atoms with E-state index < -0.39 is 0 Å². The molecule has 4 rings (SSSR count). The van der Waals surface area contributed by atoms with Crippen LogP contribution in [0.15, 0.2) is 64.8 Å². The maximum atomic E-state index is 4.73. The molecule has 0 N–H and O–H groups in total. The van der Waals surface area contributed by atoms with Gasteiger partial charge in [0.25, 0.3) is 0 Å². The van der Waals surface area contributed by atoms with Crippen molar-refractivity contribution in [1.82, 2.24) is 30.2 Å². The summed E-state index contributed by atoms with van der Waals surface area (Å²) in [5.74, 6) is 0.696. The molecule has 112 valence electrons. The number of hydrogen-bond acceptors (Lipinski definition) is 6. The Morgan fingerprint density at radius 1 is 0.913 bits per heavy atom. The molecule has 0 saturated heterocycles. The summed E-state index contributed by atoms with van der Waals surface area (Å²) >= 11 is 1.43. The van der Waals surface area contributed by atoms with E-state index in [1.54, 1.807) is 4.68 Å². The lowest BCUT2D eigenvalue weighted by Gasteiger charge is -2.07. The van der Waals surface area contributed by atoms with Gasteiger partial charge in [-0.1, -0.05) is 48.5 Å². The largest absolute Gasteiger partial charge is 0.228 e. The molecule has 0 saturated carbocycles. The van der Waals surface area contributed by atoms with Crippen LogP contribution in [0.5, 0.6) is 0 Å². The number of aryl methyl sites for hydroxylation is 1. The van der Waals surface area contributed by atoms with Gasteiger partial charge in [-0.05, 0) is 28.3 Å². The first-order valence-electron chi connectivity index (χ1n) is 7.04. The first kappa shape index (κ1) is 13.8. The summed E-state index contributed by atoms with van der Waals surface area (Å²) in [5, 5.41) is 14.1. The fourth-order valence-electron chi connectivity index (χ4n) is 2.24. The van der Waals surface area contributed by atoms with Crippen molar-refractivity contribution in [3.8, 4) is 11.4 Å². The summed E-state index contributed by atoms with van der Waals surface area (Å²) in [4.78, 5) is 9.41. The van der Waals surface area contributed by atoms with Crippen LogP contribution in [0.4, 0.5) is 0 Å². The van der Waals surface area contributed by atoms with Crippen LogP contribution in [0.3, 0.4) is 0 Å². The van der Waals surface area contributed by atoms with Crippen LogP contribution >= 0.6 is 11.8 Å². The molecule has 4 aromatic rings. The first-order chi connectivity index (χ1) is 11.3. The van der Waals surface area contributed by atoms with E-state index in [1.807, 2.05) is 61.6 Å². The summed E-state index contributed by atoms with van der Waals surface area (Å²) < 4.78 is 1.63. The third-order valence-corrected chi connectivity index (χ3v) is 4.40. The van der Waals surface area contributed by atoms with Gasteiger partial charge >= 0.3 is 0 Å². The molecule has 0 radical (unpaired) electrons. The molecule has 0 aliphatic rings. The summed E-state index contributed by atoms with van der Waals surface area (Å²) in [6.07, 6.45) is 0. The van der Waals surface area contributed by atoms with Crippen molar-refractivity contribution in [3.63, 3.8) is 0 Å². The van der Waals surface area contributed by atoms with Crippen LogP contribution in [0, 0.1) is 0 Å². The molecule has 2 aromatic carbocycles. The fourth-order valence-corrected chi connectivity index (χ4v) is 3.07. The van der Waals surface area contributed by atoms with Crippen LogP contribution in [0.1, 0.15) is 0 Å². The van der Waals surface area contributed by atoms with Crippen molar-refractivity contribution in [3.05, 3.63) is 54.6 Å². The van der Waals surface area contributed by atoms with Crippen molar-refractivity contribution in [1.29, 1.82) is 0 Å². The molecule has 0 bridgehead atoms. The van der Waals surface area contributed by atoms with Crippen LogP contribution in [0.25, 0.3) is 22.3 Å². The highest BCUT2D eigenvalue weighted by Gasteiger charge is 2.13. The van der Waals surface area contributed by atoms with E-state index in [-0.39, 0.29) is 0 Å². The molecule has 0 unspecified atom stereocenters. The topological polar surface area (TPSA) is 69.4 Å². The normalized spacial score (nSPS) is 11.0. The van der Waals surface area contributed by atoms with Crippen molar-refractivity contribution < 1.29 is 0 Å². The second kappa shape index (κ2) is 5.77. The Morgan fingerprint density at radius 3 is 2.48 bits per heavy atom. The maximum absolute atomic E-state index is 4.73. The number of aromatic nitrogens is 6. The van der Waals surface area contributed by atoms with Crippen molar-refractivity contribution >= 4 is 22.7 Å². The van der Waals surface area contributed by atoms with Crippen LogP contribution < -0.4 is 0 Å². The molecule has 0 aliphatic heterocycles. The minimum atomic E-state index is 0.688. The minimum Gasteiger partial charge on any atom is -0.228 e. The Kier molecular flexibility index (Phi) is 3.47. The van der Waals surface area contributed by atoms with E-state index in [4.69, 9.17) is 4.98 Å². The zero-order valence-electron chi connectivity index (χ0n) is 12.3. The van der Waals surface area contributed by atoms with E-state index in [0.717, 1.165) is 21.5 Å². The molecule has 7 heteroatoms. The lowest BCUT2D eigenvalue weighted by molar-refractivity contribution is 0.664. The Morgan fingerprint density at radius 2 is 1.70 bits per heavy atom. The van der Waals surface area contributed by atoms with E-state index in [1.165, 1.54) is 11.8 Å². The van der Waals surface area contributed by atoms with E-state index in [0.29, 0.717) is 11.0 Å². The van der Waals surface area contributed by atoms with Gasteiger partial charge in [0.1, 0.15) is 5.03 Å². The van der Waals surface area contributed by atoms with Crippen molar-refractivity contribution in [2.24, 2.45) is 7.05 Å². The third kappa shape index (κ3) is 2.66. The minimum absolute atomic E-state index is 0.688. The second-order valence-corrected chi connectivity index (χ2v) is 5.88. The molecule has 23 heavy (non-hydrogen) atoms. The van der Waals surface area contributed by atoms with Crippen LogP contribution in [-0.2, 0) is 7.05 Å². The monoisotopic (exact) mass is 320 g/mol. The van der Waals surface area contributed by atoms with Gasteiger partial charge in [-0.2, -0.15) is 0 Å². The van der Waals surface area contributed by atoms with Gasteiger partial charge in [0.15, 0.2) is 5.82 Å². The molecule has 0 atom stereocenters. The quantitative estimate of drug-likeness (QED) is 0.541. The highest BCUT2D eigenvalue weighted by atomic mass is 32.2. The molecule has 0 amide bonds. The number of hydrogen-bond donors (Lipinski definition) is 0. The van der Waals surface area contributed by atoms with Gasteiger partial charge in [0, 0.05) is 18.0 Å². The van der Waals surface area contributed by atoms with Crippen molar-refractivity contribution in [2.45, 2.75) is 10.2 Å². The number of para-hydroxylation sites is 1. The zero-order valence-corrected chi connectivity index (χ0v) is 13.1. The lowest BCUT2D eigenvalue weighted by Crippen LogP contribution is -1.96. The predicted molar refractivity (Wildman–Crippen MR) is 87.9 cm³/mol. The average Bonchev–Trinajstić information content (AvgIpc) is 3.00. The Balaban J connectivity index is 1.89. The molecular weight excluding hydrogens is 308 g/mol. The van der Waals surface area contributed by atoms with Gasteiger partial charge in [-0.25, -0.2) is 14.6 Å². The smallest absolute Gasteiger partial charge is 0.215 e. The molecule has 6 nitrogen and oxygen atoms in total. The fraction of sp³-hybridized carbons (Fsp3) is 0.0625. The molecule has 0 spiro atoms. The number of benzene rings is 2. The first-order valence-corrected chi connectivity index (χ1v) is 7.85. The Bertz CT molecular complexity index is 967. The number of tetrazole rings is 1. The van der Waals surface area contributed by atoms with Gasteiger partial charge in [0.05, 0.1) is 5.52 Å². The van der Waals surface area contributed by atoms with E-state index >= 15 is 0 Å². The molecule has 0 aliphatic carbocycles. The Hall–Kier alpha value is -2.80. The number of fused-ring (bicyclic) bond motifs is 1. The van der Waals surface area contributed by atoms with Crippen molar-refractivity contribution in [2.75, 3.05) is 0 Å². The van der Waals surface area contributed by atoms with Crippen LogP contribution in [-0.4, -0.2) is 30.2 Å².